The second-order valence-electron chi connectivity index (χ2n) is 5.98. The predicted octanol–water partition coefficient (Wildman–Crippen LogP) is 6.30. The molecule has 0 unspecified atom stereocenters. The van der Waals surface area contributed by atoms with Crippen molar-refractivity contribution >= 4 is 48.6 Å². The number of benzene rings is 3. The Morgan fingerprint density at radius 1 is 0.750 bits per heavy atom. The smallest absolute Gasteiger partial charge is 0.0851 e. The maximum Gasteiger partial charge on any atom is 0.0851 e. The van der Waals surface area contributed by atoms with E-state index < -0.39 is 0 Å². The minimum atomic E-state index is 1.00. The average Bonchev–Trinajstić information content (AvgIpc) is 3.04. The van der Waals surface area contributed by atoms with E-state index in [4.69, 9.17) is 4.98 Å². The van der Waals surface area contributed by atoms with Crippen molar-refractivity contribution in [3.8, 4) is 11.3 Å². The summed E-state index contributed by atoms with van der Waals surface area (Å²) in [4.78, 5) is 8.29. The van der Waals surface area contributed by atoms with E-state index in [1.54, 1.807) is 0 Å². The molecule has 0 radical (unpaired) electrons. The van der Waals surface area contributed by atoms with E-state index in [2.05, 4.69) is 81.6 Å². The van der Waals surface area contributed by atoms with Crippen LogP contribution in [0.1, 0.15) is 0 Å². The maximum atomic E-state index is 4.80. The molecule has 0 aliphatic carbocycles. The lowest BCUT2D eigenvalue weighted by molar-refractivity contribution is 1.44. The molecule has 5 rings (SSSR count). The maximum absolute atomic E-state index is 4.80. The molecule has 114 valence electrons. The van der Waals surface area contributed by atoms with Crippen molar-refractivity contribution in [3.05, 3.63) is 77.3 Å². The predicted molar refractivity (Wildman–Crippen MR) is 104 cm³/mol. The summed E-state index contributed by atoms with van der Waals surface area (Å²) in [5.74, 6) is 0. The van der Waals surface area contributed by atoms with Crippen LogP contribution in [0, 0.1) is 0 Å². The van der Waals surface area contributed by atoms with Gasteiger partial charge in [-0.3, -0.25) is 0 Å². The van der Waals surface area contributed by atoms with Gasteiger partial charge in [-0.2, -0.15) is 0 Å². The topological polar surface area (TPSA) is 28.7 Å². The Labute approximate surface area is 147 Å². The molecule has 0 aliphatic rings. The Morgan fingerprint density at radius 3 is 2.54 bits per heavy atom. The summed E-state index contributed by atoms with van der Waals surface area (Å²) in [6.45, 7) is 0. The number of para-hydroxylation sites is 2. The Kier molecular flexibility index (Phi) is 2.97. The fraction of sp³-hybridized carbons (Fsp3) is 0. The number of H-pyrrole nitrogens is 1. The fourth-order valence-corrected chi connectivity index (χ4v) is 3.69. The van der Waals surface area contributed by atoms with Crippen molar-refractivity contribution in [1.82, 2.24) is 9.97 Å². The average molecular weight is 373 g/mol. The van der Waals surface area contributed by atoms with Crippen LogP contribution in [0.4, 0.5) is 0 Å². The summed E-state index contributed by atoms with van der Waals surface area (Å²) in [5, 5.41) is 3.52. The first-order valence-corrected chi connectivity index (χ1v) is 8.64. The molecule has 24 heavy (non-hydrogen) atoms. The molecule has 0 saturated carbocycles. The zero-order valence-corrected chi connectivity index (χ0v) is 14.3. The van der Waals surface area contributed by atoms with Gasteiger partial charge in [-0.15, -0.1) is 0 Å². The van der Waals surface area contributed by atoms with Gasteiger partial charge in [0.2, 0.25) is 0 Å². The van der Waals surface area contributed by atoms with E-state index in [0.29, 0.717) is 0 Å². The molecule has 1 N–H and O–H groups in total. The summed E-state index contributed by atoms with van der Waals surface area (Å²) >= 11 is 3.59. The van der Waals surface area contributed by atoms with Crippen molar-refractivity contribution in [2.45, 2.75) is 0 Å². The zero-order chi connectivity index (χ0) is 16.1. The van der Waals surface area contributed by atoms with Gasteiger partial charge < -0.3 is 4.98 Å². The molecule has 3 aromatic carbocycles. The number of nitrogens with one attached hydrogen (secondary N) is 1. The summed E-state index contributed by atoms with van der Waals surface area (Å²) in [6.07, 6.45) is 0. The number of hydrogen-bond donors (Lipinski definition) is 1. The number of rotatable bonds is 1. The third kappa shape index (κ3) is 2.13. The number of hydrogen-bond acceptors (Lipinski definition) is 1. The van der Waals surface area contributed by atoms with Gasteiger partial charge in [-0.1, -0.05) is 36.4 Å². The van der Waals surface area contributed by atoms with Gasteiger partial charge in [0.05, 0.1) is 11.0 Å². The number of aromatic amines is 1. The van der Waals surface area contributed by atoms with E-state index in [1.165, 1.54) is 10.9 Å². The minimum Gasteiger partial charge on any atom is -0.355 e. The van der Waals surface area contributed by atoms with Gasteiger partial charge in [0.25, 0.3) is 0 Å². The van der Waals surface area contributed by atoms with Gasteiger partial charge in [0, 0.05) is 31.8 Å². The Hall–Kier alpha value is -2.65. The molecular weight excluding hydrogens is 360 g/mol. The number of fused-ring (bicyclic) bond motifs is 3. The van der Waals surface area contributed by atoms with Crippen molar-refractivity contribution in [2.75, 3.05) is 0 Å². The van der Waals surface area contributed by atoms with Crippen molar-refractivity contribution in [2.24, 2.45) is 0 Å². The molecule has 0 saturated heterocycles. The van der Waals surface area contributed by atoms with E-state index in [-0.39, 0.29) is 0 Å². The Morgan fingerprint density at radius 2 is 1.62 bits per heavy atom. The highest BCUT2D eigenvalue weighted by atomic mass is 79.9. The Bertz CT molecular complexity index is 1190. The lowest BCUT2D eigenvalue weighted by Gasteiger charge is -2.05. The molecule has 5 aromatic rings. The quantitative estimate of drug-likeness (QED) is 0.343. The summed E-state index contributed by atoms with van der Waals surface area (Å²) in [7, 11) is 0. The van der Waals surface area contributed by atoms with Crippen LogP contribution < -0.4 is 0 Å². The first-order chi connectivity index (χ1) is 11.8. The highest BCUT2D eigenvalue weighted by Crippen LogP contribution is 2.30. The number of pyridine rings is 1. The van der Waals surface area contributed by atoms with E-state index in [1.807, 2.05) is 12.1 Å². The minimum absolute atomic E-state index is 1.00. The number of halogens is 1. The normalized spacial score (nSPS) is 11.5. The zero-order valence-electron chi connectivity index (χ0n) is 12.8. The molecule has 2 aromatic heterocycles. The Balaban J connectivity index is 1.73. The van der Waals surface area contributed by atoms with Crippen LogP contribution >= 0.6 is 15.9 Å². The molecule has 0 aliphatic heterocycles. The van der Waals surface area contributed by atoms with Gasteiger partial charge in [0.15, 0.2) is 0 Å². The lowest BCUT2D eigenvalue weighted by atomic mass is 10.1. The highest BCUT2D eigenvalue weighted by molar-refractivity contribution is 9.10. The summed E-state index contributed by atoms with van der Waals surface area (Å²) in [6, 6.07) is 25.3. The van der Waals surface area contributed by atoms with Gasteiger partial charge in [-0.05, 0) is 57.9 Å². The van der Waals surface area contributed by atoms with Gasteiger partial charge in [0.1, 0.15) is 0 Å². The molecular formula is C21H13BrN2. The van der Waals surface area contributed by atoms with Crippen LogP contribution in [0.2, 0.25) is 0 Å². The molecule has 3 heteroatoms. The SMILES string of the molecule is Brc1cccc2cc3cc(-c4cc5ccccc5[nH]4)ccc3nc12. The first kappa shape index (κ1) is 13.8. The van der Waals surface area contributed by atoms with Gasteiger partial charge in [-0.25, -0.2) is 4.98 Å². The van der Waals surface area contributed by atoms with Crippen LogP contribution in [0.25, 0.3) is 44.0 Å². The van der Waals surface area contributed by atoms with E-state index in [0.717, 1.165) is 37.5 Å². The number of aromatic nitrogens is 2. The van der Waals surface area contributed by atoms with Crippen LogP contribution in [0.5, 0.6) is 0 Å². The molecule has 0 bridgehead atoms. The lowest BCUT2D eigenvalue weighted by Crippen LogP contribution is -1.85. The standard InChI is InChI=1S/C21H13BrN2/c22-17-6-3-5-15-11-16-10-14(8-9-19(16)24-21(15)17)20-12-13-4-1-2-7-18(13)23-20/h1-12,23H. The largest absolute Gasteiger partial charge is 0.355 e. The summed E-state index contributed by atoms with van der Waals surface area (Å²) < 4.78 is 1.03. The third-order valence-electron chi connectivity index (χ3n) is 4.43. The van der Waals surface area contributed by atoms with Crippen LogP contribution in [0.15, 0.2) is 77.3 Å². The fourth-order valence-electron chi connectivity index (χ4n) is 3.22. The molecule has 0 amide bonds. The highest BCUT2D eigenvalue weighted by Gasteiger charge is 2.07. The van der Waals surface area contributed by atoms with Crippen molar-refractivity contribution in [3.63, 3.8) is 0 Å². The second-order valence-corrected chi connectivity index (χ2v) is 6.83. The first-order valence-electron chi connectivity index (χ1n) is 7.85. The molecule has 0 fully saturated rings. The molecule has 2 nitrogen and oxygen atoms in total. The molecule has 2 heterocycles. The van der Waals surface area contributed by atoms with Crippen molar-refractivity contribution in [1.29, 1.82) is 0 Å². The van der Waals surface area contributed by atoms with Crippen LogP contribution in [-0.4, -0.2) is 9.97 Å². The van der Waals surface area contributed by atoms with Crippen molar-refractivity contribution < 1.29 is 0 Å². The number of nitrogens with zero attached hydrogens (tertiary/aromatic N) is 1. The van der Waals surface area contributed by atoms with Crippen LogP contribution in [0.3, 0.4) is 0 Å². The van der Waals surface area contributed by atoms with E-state index >= 15 is 0 Å². The molecule has 0 atom stereocenters. The summed E-state index contributed by atoms with van der Waals surface area (Å²) in [5.41, 5.74) is 5.48. The van der Waals surface area contributed by atoms with E-state index in [9.17, 15) is 0 Å². The van der Waals surface area contributed by atoms with Crippen LogP contribution in [-0.2, 0) is 0 Å². The third-order valence-corrected chi connectivity index (χ3v) is 5.07. The monoisotopic (exact) mass is 372 g/mol. The molecule has 0 spiro atoms. The second kappa shape index (κ2) is 5.18. The van der Waals surface area contributed by atoms with Gasteiger partial charge >= 0.3 is 0 Å².